The fourth-order valence-corrected chi connectivity index (χ4v) is 4.46. The third kappa shape index (κ3) is 4.59. The molecular weight excluding hydrogens is 368 g/mol. The first kappa shape index (κ1) is 18.5. The van der Waals surface area contributed by atoms with Crippen LogP contribution in [0.3, 0.4) is 0 Å². The summed E-state index contributed by atoms with van der Waals surface area (Å²) in [6.07, 6.45) is 3.32. The Kier molecular flexibility index (Phi) is 6.03. The Morgan fingerprint density at radius 1 is 1.29 bits per heavy atom. The number of Topliss-reactive ketones (excluding diaryl/α,β-unsaturated/α-hetero) is 1. The molecule has 0 saturated carbocycles. The molecular formula is C15H16N2O4S3. The number of nitrogens with one attached hydrogen (secondary N) is 2. The van der Waals surface area contributed by atoms with Crippen molar-refractivity contribution in [3.63, 3.8) is 0 Å². The van der Waals surface area contributed by atoms with Gasteiger partial charge in [-0.15, -0.1) is 23.1 Å². The number of anilines is 1. The molecule has 1 atom stereocenters. The Balaban J connectivity index is 2.49. The summed E-state index contributed by atoms with van der Waals surface area (Å²) in [5, 5.41) is 2.50. The van der Waals surface area contributed by atoms with Gasteiger partial charge in [-0.1, -0.05) is 30.3 Å². The third-order valence-electron chi connectivity index (χ3n) is 3.05. The highest BCUT2D eigenvalue weighted by Gasteiger charge is 2.27. The zero-order valence-corrected chi connectivity index (χ0v) is 15.4. The van der Waals surface area contributed by atoms with Crippen LogP contribution in [0.15, 0.2) is 40.6 Å². The number of thiophene rings is 1. The summed E-state index contributed by atoms with van der Waals surface area (Å²) in [5.41, 5.74) is 0.733. The first-order valence-electron chi connectivity index (χ1n) is 6.80. The number of thioether (sulfide) groups is 1. The molecule has 6 nitrogen and oxygen atoms in total. The van der Waals surface area contributed by atoms with Crippen molar-refractivity contribution in [1.82, 2.24) is 5.32 Å². The van der Waals surface area contributed by atoms with Crippen molar-refractivity contribution in [2.24, 2.45) is 0 Å². The Hall–Kier alpha value is -1.84. The van der Waals surface area contributed by atoms with Crippen molar-refractivity contribution in [3.8, 4) is 0 Å². The van der Waals surface area contributed by atoms with Crippen molar-refractivity contribution in [2.45, 2.75) is 10.3 Å². The number of amides is 1. The number of hydrogen-bond donors (Lipinski definition) is 2. The Labute approximate surface area is 148 Å². The van der Waals surface area contributed by atoms with Gasteiger partial charge in [-0.2, -0.15) is 0 Å². The number of rotatable bonds is 8. The summed E-state index contributed by atoms with van der Waals surface area (Å²) in [7, 11) is -3.51. The average molecular weight is 385 g/mol. The second-order valence-electron chi connectivity index (χ2n) is 4.87. The topological polar surface area (TPSA) is 92.3 Å². The highest BCUT2D eigenvalue weighted by atomic mass is 32.2. The van der Waals surface area contributed by atoms with E-state index < -0.39 is 16.1 Å². The van der Waals surface area contributed by atoms with E-state index in [1.54, 1.807) is 36.4 Å². The minimum absolute atomic E-state index is 0.301. The Morgan fingerprint density at radius 2 is 1.96 bits per heavy atom. The summed E-state index contributed by atoms with van der Waals surface area (Å²) >= 11 is 2.69. The van der Waals surface area contributed by atoms with Crippen molar-refractivity contribution in [2.75, 3.05) is 17.2 Å². The lowest BCUT2D eigenvalue weighted by molar-refractivity contribution is -0.110. The smallest absolute Gasteiger partial charge is 0.229 e. The highest BCUT2D eigenvalue weighted by molar-refractivity contribution is 8.00. The van der Waals surface area contributed by atoms with Crippen LogP contribution in [0.1, 0.15) is 21.3 Å². The zero-order chi connectivity index (χ0) is 17.7. The molecule has 0 spiro atoms. The maximum atomic E-state index is 12.8. The van der Waals surface area contributed by atoms with Crippen LogP contribution in [-0.4, -0.2) is 33.1 Å². The molecule has 0 bridgehead atoms. The van der Waals surface area contributed by atoms with Crippen LogP contribution >= 0.6 is 23.1 Å². The summed E-state index contributed by atoms with van der Waals surface area (Å²) in [6, 6.07) is 9.23. The minimum Gasteiger partial charge on any atom is -0.344 e. The van der Waals surface area contributed by atoms with Gasteiger partial charge in [0, 0.05) is 5.56 Å². The molecule has 0 aliphatic heterocycles. The molecule has 1 unspecified atom stereocenters. The molecule has 128 valence electrons. The fraction of sp³-hybridized carbons (Fsp3) is 0.200. The molecule has 2 aromatic rings. The van der Waals surface area contributed by atoms with Crippen molar-refractivity contribution >= 4 is 51.0 Å². The van der Waals surface area contributed by atoms with E-state index in [0.717, 1.165) is 10.5 Å². The monoisotopic (exact) mass is 384 g/mol. The second-order valence-corrected chi connectivity index (χ2v) is 8.81. The molecule has 1 aromatic carbocycles. The highest BCUT2D eigenvalue weighted by Crippen LogP contribution is 2.38. The van der Waals surface area contributed by atoms with E-state index >= 15 is 0 Å². The third-order valence-corrected chi connectivity index (χ3v) is 5.91. The van der Waals surface area contributed by atoms with Crippen LogP contribution in [0, 0.1) is 0 Å². The van der Waals surface area contributed by atoms with E-state index in [0.29, 0.717) is 22.5 Å². The molecule has 0 aliphatic rings. The van der Waals surface area contributed by atoms with Crippen LogP contribution in [0.5, 0.6) is 0 Å². The van der Waals surface area contributed by atoms with Gasteiger partial charge in [-0.3, -0.25) is 14.3 Å². The minimum atomic E-state index is -3.51. The van der Waals surface area contributed by atoms with Gasteiger partial charge in [0.25, 0.3) is 0 Å². The molecule has 0 radical (unpaired) electrons. The van der Waals surface area contributed by atoms with Gasteiger partial charge in [-0.05, 0) is 12.3 Å². The Bertz CT molecular complexity index is 832. The van der Waals surface area contributed by atoms with Gasteiger partial charge in [0.1, 0.15) is 6.04 Å². The van der Waals surface area contributed by atoms with Gasteiger partial charge in [0.15, 0.2) is 5.78 Å². The molecule has 2 N–H and O–H groups in total. The summed E-state index contributed by atoms with van der Waals surface area (Å²) in [5.74, 6) is -0.311. The zero-order valence-electron chi connectivity index (χ0n) is 13.0. The van der Waals surface area contributed by atoms with Crippen LogP contribution in [-0.2, 0) is 14.8 Å². The van der Waals surface area contributed by atoms with Crippen LogP contribution in [0.2, 0.25) is 0 Å². The average Bonchev–Trinajstić information content (AvgIpc) is 2.93. The summed E-state index contributed by atoms with van der Waals surface area (Å²) in [6.45, 7) is 0. The summed E-state index contributed by atoms with van der Waals surface area (Å²) in [4.78, 5) is 24.2. The molecule has 0 saturated heterocycles. The molecule has 1 heterocycles. The second kappa shape index (κ2) is 7.82. The molecule has 24 heavy (non-hydrogen) atoms. The normalized spacial score (nSPS) is 12.4. The van der Waals surface area contributed by atoms with Gasteiger partial charge >= 0.3 is 0 Å². The molecule has 0 fully saturated rings. The number of ketones is 1. The quantitative estimate of drug-likeness (QED) is 0.414. The lowest BCUT2D eigenvalue weighted by Crippen LogP contribution is -2.28. The number of benzene rings is 1. The standard InChI is InChI=1S/C15H16N2O4S3/c1-22-12-8-11(17-24(2,20)21)15(23-12)13(16-9-18)14(19)10-6-4-3-5-7-10/h3-9,13,17H,1-2H3,(H,16,18). The van der Waals surface area contributed by atoms with Crippen molar-refractivity contribution in [1.29, 1.82) is 0 Å². The van der Waals surface area contributed by atoms with Gasteiger partial charge in [-0.25, -0.2) is 8.42 Å². The largest absolute Gasteiger partial charge is 0.344 e. The van der Waals surface area contributed by atoms with Crippen LogP contribution < -0.4 is 10.0 Å². The van der Waals surface area contributed by atoms with E-state index in [4.69, 9.17) is 0 Å². The lowest BCUT2D eigenvalue weighted by Gasteiger charge is -2.16. The summed E-state index contributed by atoms with van der Waals surface area (Å²) < 4.78 is 26.4. The van der Waals surface area contributed by atoms with Crippen molar-refractivity contribution in [3.05, 3.63) is 46.8 Å². The first-order valence-corrected chi connectivity index (χ1v) is 10.7. The fourth-order valence-electron chi connectivity index (χ4n) is 2.08. The Morgan fingerprint density at radius 3 is 2.50 bits per heavy atom. The molecule has 1 aromatic heterocycles. The van der Waals surface area contributed by atoms with Crippen LogP contribution in [0.4, 0.5) is 5.69 Å². The van der Waals surface area contributed by atoms with E-state index in [1.807, 2.05) is 6.26 Å². The molecule has 9 heteroatoms. The van der Waals surface area contributed by atoms with Gasteiger partial charge in [0.2, 0.25) is 16.4 Å². The SMILES string of the molecule is CSc1cc(NS(C)(=O)=O)c(C(NC=O)C(=O)c2ccccc2)s1. The van der Waals surface area contributed by atoms with Gasteiger partial charge < -0.3 is 5.32 Å². The number of sulfonamides is 1. The molecule has 1 amide bonds. The van der Waals surface area contributed by atoms with E-state index in [1.165, 1.54) is 23.1 Å². The number of carbonyl (C=O) groups is 2. The number of hydrogen-bond acceptors (Lipinski definition) is 6. The molecule has 0 aliphatic carbocycles. The predicted molar refractivity (Wildman–Crippen MR) is 97.3 cm³/mol. The van der Waals surface area contributed by atoms with E-state index in [2.05, 4.69) is 10.0 Å². The lowest BCUT2D eigenvalue weighted by atomic mass is 10.0. The van der Waals surface area contributed by atoms with E-state index in [-0.39, 0.29) is 5.78 Å². The maximum Gasteiger partial charge on any atom is 0.229 e. The predicted octanol–water partition coefficient (Wildman–Crippen LogP) is 2.51. The number of carbonyl (C=O) groups excluding carboxylic acids is 2. The van der Waals surface area contributed by atoms with Crippen LogP contribution in [0.25, 0.3) is 0 Å². The maximum absolute atomic E-state index is 12.8. The molecule has 2 rings (SSSR count). The van der Waals surface area contributed by atoms with E-state index in [9.17, 15) is 18.0 Å². The first-order chi connectivity index (χ1) is 11.4. The van der Waals surface area contributed by atoms with Crippen molar-refractivity contribution < 1.29 is 18.0 Å². The van der Waals surface area contributed by atoms with Gasteiger partial charge in [0.05, 0.1) is 21.0 Å².